The van der Waals surface area contributed by atoms with E-state index in [1.807, 2.05) is 29.2 Å². The van der Waals surface area contributed by atoms with Crippen LogP contribution in [0.5, 0.6) is 0 Å². The average Bonchev–Trinajstić information content (AvgIpc) is 2.64. The first-order valence-corrected chi connectivity index (χ1v) is 9.41. The van der Waals surface area contributed by atoms with Crippen molar-refractivity contribution in [1.82, 2.24) is 4.90 Å². The number of piperidine rings is 1. The number of fused-ring (bicyclic) bond motifs is 1. The summed E-state index contributed by atoms with van der Waals surface area (Å²) in [6.07, 6.45) is 4.29. The molecule has 0 aliphatic carbocycles. The molecule has 2 aliphatic rings. The molecule has 2 aliphatic heterocycles. The van der Waals surface area contributed by atoms with Crippen LogP contribution in [0.2, 0.25) is 0 Å². The number of hydrogen-bond donors (Lipinski definition) is 2. The molecule has 140 valence electrons. The standard InChI is InChI=1S/C20H26N2O4/c23-18(22-11-3-4-14(13-22)7-10-19(24)25)9-8-16-12-15-5-1-2-6-17(15)21-20(16)26/h1-2,5-6,14,16H,3-4,7-13H2,(H,21,26)(H,24,25). The molecular weight excluding hydrogens is 332 g/mol. The number of para-hydroxylation sites is 1. The molecule has 2 N–H and O–H groups in total. The zero-order chi connectivity index (χ0) is 18.5. The first-order chi connectivity index (χ1) is 12.5. The summed E-state index contributed by atoms with van der Waals surface area (Å²) in [5.41, 5.74) is 1.99. The highest BCUT2D eigenvalue weighted by molar-refractivity contribution is 5.96. The van der Waals surface area contributed by atoms with E-state index in [0.29, 0.717) is 32.2 Å². The first-order valence-electron chi connectivity index (χ1n) is 9.41. The van der Waals surface area contributed by atoms with Crippen molar-refractivity contribution in [1.29, 1.82) is 0 Å². The van der Waals surface area contributed by atoms with Crippen LogP contribution >= 0.6 is 0 Å². The van der Waals surface area contributed by atoms with Crippen LogP contribution in [-0.4, -0.2) is 40.9 Å². The number of likely N-dealkylation sites (tertiary alicyclic amines) is 1. The molecule has 6 heteroatoms. The highest BCUT2D eigenvalue weighted by Crippen LogP contribution is 2.28. The second-order valence-electron chi connectivity index (χ2n) is 7.37. The summed E-state index contributed by atoms with van der Waals surface area (Å²) >= 11 is 0. The first kappa shape index (κ1) is 18.4. The van der Waals surface area contributed by atoms with Gasteiger partial charge in [0.2, 0.25) is 11.8 Å². The average molecular weight is 358 g/mol. The maximum absolute atomic E-state index is 12.6. The number of rotatable bonds is 6. The Morgan fingerprint density at radius 3 is 2.81 bits per heavy atom. The van der Waals surface area contributed by atoms with Crippen LogP contribution in [0.3, 0.4) is 0 Å². The second-order valence-corrected chi connectivity index (χ2v) is 7.37. The summed E-state index contributed by atoms with van der Waals surface area (Å²) in [5.74, 6) is -0.599. The number of aliphatic carboxylic acids is 1. The Morgan fingerprint density at radius 1 is 1.19 bits per heavy atom. The van der Waals surface area contributed by atoms with Crippen molar-refractivity contribution < 1.29 is 19.5 Å². The highest BCUT2D eigenvalue weighted by Gasteiger charge is 2.28. The predicted molar refractivity (Wildman–Crippen MR) is 97.7 cm³/mol. The van der Waals surface area contributed by atoms with Crippen LogP contribution in [0, 0.1) is 11.8 Å². The predicted octanol–water partition coefficient (Wildman–Crippen LogP) is 2.68. The van der Waals surface area contributed by atoms with E-state index in [1.165, 1.54) is 0 Å². The van der Waals surface area contributed by atoms with Gasteiger partial charge in [-0.2, -0.15) is 0 Å². The molecule has 0 saturated carbocycles. The van der Waals surface area contributed by atoms with Gasteiger partial charge in [0.05, 0.1) is 0 Å². The van der Waals surface area contributed by atoms with Gasteiger partial charge < -0.3 is 15.3 Å². The van der Waals surface area contributed by atoms with E-state index in [2.05, 4.69) is 5.32 Å². The molecular formula is C20H26N2O4. The number of anilines is 1. The second kappa shape index (κ2) is 8.34. The van der Waals surface area contributed by atoms with Crippen LogP contribution in [0.4, 0.5) is 5.69 Å². The third-order valence-electron chi connectivity index (χ3n) is 5.46. The number of nitrogens with one attached hydrogen (secondary N) is 1. The molecule has 2 atom stereocenters. The Morgan fingerprint density at radius 2 is 2.00 bits per heavy atom. The smallest absolute Gasteiger partial charge is 0.303 e. The monoisotopic (exact) mass is 358 g/mol. The molecule has 2 heterocycles. The van der Waals surface area contributed by atoms with Crippen molar-refractivity contribution in [3.05, 3.63) is 29.8 Å². The molecule has 26 heavy (non-hydrogen) atoms. The van der Waals surface area contributed by atoms with Crippen molar-refractivity contribution in [2.45, 2.75) is 44.9 Å². The number of carboxylic acid groups (broad SMARTS) is 1. The van der Waals surface area contributed by atoms with E-state index >= 15 is 0 Å². The van der Waals surface area contributed by atoms with E-state index in [0.717, 1.165) is 30.6 Å². The number of carbonyl (C=O) groups is 3. The lowest BCUT2D eigenvalue weighted by atomic mass is 9.89. The molecule has 0 aromatic heterocycles. The molecule has 1 fully saturated rings. The minimum absolute atomic E-state index is 0.00511. The number of amides is 2. The summed E-state index contributed by atoms with van der Waals surface area (Å²) in [6, 6.07) is 7.78. The maximum atomic E-state index is 12.6. The Balaban J connectivity index is 1.49. The molecule has 3 rings (SSSR count). The van der Waals surface area contributed by atoms with Crippen molar-refractivity contribution in [3.8, 4) is 0 Å². The third kappa shape index (κ3) is 4.62. The minimum Gasteiger partial charge on any atom is -0.481 e. The van der Waals surface area contributed by atoms with E-state index in [-0.39, 0.29) is 30.1 Å². The van der Waals surface area contributed by atoms with Crippen molar-refractivity contribution in [3.63, 3.8) is 0 Å². The minimum atomic E-state index is -0.781. The normalized spacial score (nSPS) is 22.5. The van der Waals surface area contributed by atoms with Gasteiger partial charge in [0.25, 0.3) is 0 Å². The fourth-order valence-electron chi connectivity index (χ4n) is 3.96. The van der Waals surface area contributed by atoms with Gasteiger partial charge in [-0.1, -0.05) is 18.2 Å². The summed E-state index contributed by atoms with van der Waals surface area (Å²) < 4.78 is 0. The summed E-state index contributed by atoms with van der Waals surface area (Å²) in [4.78, 5) is 37.4. The largest absolute Gasteiger partial charge is 0.481 e. The molecule has 0 bridgehead atoms. The van der Waals surface area contributed by atoms with E-state index in [9.17, 15) is 14.4 Å². The van der Waals surface area contributed by atoms with Crippen molar-refractivity contribution >= 4 is 23.5 Å². The van der Waals surface area contributed by atoms with Gasteiger partial charge >= 0.3 is 5.97 Å². The van der Waals surface area contributed by atoms with Gasteiger partial charge in [-0.25, -0.2) is 0 Å². The van der Waals surface area contributed by atoms with Crippen LogP contribution in [0.1, 0.15) is 44.1 Å². The van der Waals surface area contributed by atoms with Gasteiger partial charge in [0.1, 0.15) is 0 Å². The molecule has 1 aromatic carbocycles. The molecule has 0 radical (unpaired) electrons. The molecule has 6 nitrogen and oxygen atoms in total. The van der Waals surface area contributed by atoms with E-state index < -0.39 is 5.97 Å². The Hall–Kier alpha value is -2.37. The van der Waals surface area contributed by atoms with Gasteiger partial charge in [-0.05, 0) is 49.7 Å². The lowest BCUT2D eigenvalue weighted by Gasteiger charge is -2.33. The summed E-state index contributed by atoms with van der Waals surface area (Å²) in [7, 11) is 0. The maximum Gasteiger partial charge on any atom is 0.303 e. The summed E-state index contributed by atoms with van der Waals surface area (Å²) in [5, 5.41) is 11.8. The lowest BCUT2D eigenvalue weighted by Crippen LogP contribution is -2.40. The number of carboxylic acids is 1. The van der Waals surface area contributed by atoms with E-state index in [4.69, 9.17) is 5.11 Å². The highest BCUT2D eigenvalue weighted by atomic mass is 16.4. The Kier molecular flexibility index (Phi) is 5.91. The van der Waals surface area contributed by atoms with Gasteiger partial charge in [-0.3, -0.25) is 14.4 Å². The van der Waals surface area contributed by atoms with Gasteiger partial charge in [-0.15, -0.1) is 0 Å². The lowest BCUT2D eigenvalue weighted by molar-refractivity contribution is -0.137. The topological polar surface area (TPSA) is 86.7 Å². The van der Waals surface area contributed by atoms with Crippen molar-refractivity contribution in [2.24, 2.45) is 11.8 Å². The van der Waals surface area contributed by atoms with Crippen LogP contribution < -0.4 is 5.32 Å². The molecule has 2 unspecified atom stereocenters. The number of hydrogen-bond acceptors (Lipinski definition) is 3. The molecule has 2 amide bonds. The number of carbonyl (C=O) groups excluding carboxylic acids is 2. The Labute approximate surface area is 153 Å². The molecule has 1 aromatic rings. The molecule has 1 saturated heterocycles. The fraction of sp³-hybridized carbons (Fsp3) is 0.550. The zero-order valence-corrected chi connectivity index (χ0v) is 14.9. The van der Waals surface area contributed by atoms with Crippen LogP contribution in [0.15, 0.2) is 24.3 Å². The van der Waals surface area contributed by atoms with Crippen molar-refractivity contribution in [2.75, 3.05) is 18.4 Å². The molecule has 0 spiro atoms. The Bertz CT molecular complexity index is 688. The van der Waals surface area contributed by atoms with E-state index in [1.54, 1.807) is 0 Å². The third-order valence-corrected chi connectivity index (χ3v) is 5.46. The number of benzene rings is 1. The van der Waals surface area contributed by atoms with Gasteiger partial charge in [0.15, 0.2) is 0 Å². The quantitative estimate of drug-likeness (QED) is 0.818. The zero-order valence-electron chi connectivity index (χ0n) is 14.9. The van der Waals surface area contributed by atoms with Crippen LogP contribution in [-0.2, 0) is 20.8 Å². The van der Waals surface area contributed by atoms with Crippen LogP contribution in [0.25, 0.3) is 0 Å². The SMILES string of the molecule is O=C(O)CCC1CCCN(C(=O)CCC2Cc3ccccc3NC2=O)C1. The summed E-state index contributed by atoms with van der Waals surface area (Å²) in [6.45, 7) is 1.38. The number of nitrogens with zero attached hydrogens (tertiary/aromatic N) is 1. The van der Waals surface area contributed by atoms with Gasteiger partial charge in [0, 0.05) is 37.5 Å². The fourth-order valence-corrected chi connectivity index (χ4v) is 3.96.